The standard InChI is InChI=1S/C38H56N2O3/c1-6-34-39-40-35(43-34)20-24(2)12-15-32-25(3)36-33(42-32)22-31-29-14-13-27-21-28(41-23-26-10-8-7-9-11-26)16-18-37(27,4)30(29)17-19-38(31,36)5/h7-11,24-25,27-33,36H,6,12-23H2,1-5H3/t24-,25+,27+,28-,29+,30-,31-,32+,33-,36-,37-,38-/m0/s1. The second kappa shape index (κ2) is 11.9. The summed E-state index contributed by atoms with van der Waals surface area (Å²) in [5.74, 6) is 6.93. The van der Waals surface area contributed by atoms with Gasteiger partial charge in [-0.2, -0.15) is 0 Å². The Kier molecular flexibility index (Phi) is 8.29. The van der Waals surface area contributed by atoms with E-state index in [-0.39, 0.29) is 0 Å². The van der Waals surface area contributed by atoms with Gasteiger partial charge in [0, 0.05) is 12.8 Å². The molecule has 5 aliphatic rings. The summed E-state index contributed by atoms with van der Waals surface area (Å²) < 4.78 is 19.3. The monoisotopic (exact) mass is 588 g/mol. The molecule has 7 rings (SSSR count). The summed E-state index contributed by atoms with van der Waals surface area (Å²) in [4.78, 5) is 0. The molecule has 0 bridgehead atoms. The van der Waals surface area contributed by atoms with Crippen molar-refractivity contribution in [2.75, 3.05) is 0 Å². The zero-order valence-corrected chi connectivity index (χ0v) is 27.5. The first-order chi connectivity index (χ1) is 20.8. The number of aryl methyl sites for hydroxylation is 1. The van der Waals surface area contributed by atoms with Gasteiger partial charge in [0.15, 0.2) is 0 Å². The number of nitrogens with zero attached hydrogens (tertiary/aromatic N) is 2. The molecule has 1 aliphatic heterocycles. The molecular formula is C38H56N2O3. The lowest BCUT2D eigenvalue weighted by molar-refractivity contribution is -0.139. The van der Waals surface area contributed by atoms with Gasteiger partial charge in [-0.05, 0) is 122 Å². The van der Waals surface area contributed by atoms with Gasteiger partial charge in [0.05, 0.1) is 24.9 Å². The number of fused-ring (bicyclic) bond motifs is 7. The quantitative estimate of drug-likeness (QED) is 0.293. The Morgan fingerprint density at radius 2 is 1.74 bits per heavy atom. The Morgan fingerprint density at radius 3 is 2.53 bits per heavy atom. The van der Waals surface area contributed by atoms with Crippen molar-refractivity contribution in [3.05, 3.63) is 47.7 Å². The van der Waals surface area contributed by atoms with E-state index < -0.39 is 0 Å². The van der Waals surface area contributed by atoms with Gasteiger partial charge >= 0.3 is 0 Å². The molecule has 2 heterocycles. The number of ether oxygens (including phenoxy) is 2. The fourth-order valence-electron chi connectivity index (χ4n) is 11.5. The highest BCUT2D eigenvalue weighted by atomic mass is 16.5. The topological polar surface area (TPSA) is 57.4 Å². The molecular weight excluding hydrogens is 532 g/mol. The summed E-state index contributed by atoms with van der Waals surface area (Å²) in [6.45, 7) is 13.1. The molecule has 2 aromatic rings. The van der Waals surface area contributed by atoms with Gasteiger partial charge in [0.2, 0.25) is 11.8 Å². The lowest BCUT2D eigenvalue weighted by Crippen LogP contribution is -2.54. The van der Waals surface area contributed by atoms with Crippen LogP contribution >= 0.6 is 0 Å². The molecule has 0 N–H and O–H groups in total. The van der Waals surface area contributed by atoms with E-state index in [2.05, 4.69) is 75.1 Å². The van der Waals surface area contributed by atoms with Crippen LogP contribution in [0.4, 0.5) is 0 Å². The maximum Gasteiger partial charge on any atom is 0.216 e. The van der Waals surface area contributed by atoms with E-state index in [0.29, 0.717) is 41.0 Å². The fraction of sp³-hybridized carbons (Fsp3) is 0.789. The molecule has 0 unspecified atom stereocenters. The molecule has 0 radical (unpaired) electrons. The molecule has 12 atom stereocenters. The Hall–Kier alpha value is -1.72. The Balaban J connectivity index is 0.951. The third kappa shape index (κ3) is 5.43. The van der Waals surface area contributed by atoms with Crippen molar-refractivity contribution in [3.8, 4) is 0 Å². The van der Waals surface area contributed by atoms with Crippen LogP contribution in [0.5, 0.6) is 0 Å². The molecule has 1 aromatic carbocycles. The van der Waals surface area contributed by atoms with E-state index >= 15 is 0 Å². The van der Waals surface area contributed by atoms with E-state index in [4.69, 9.17) is 13.9 Å². The molecule has 5 nitrogen and oxygen atoms in total. The fourth-order valence-corrected chi connectivity index (χ4v) is 11.5. The minimum atomic E-state index is 0.404. The Morgan fingerprint density at radius 1 is 0.953 bits per heavy atom. The predicted octanol–water partition coefficient (Wildman–Crippen LogP) is 8.85. The van der Waals surface area contributed by atoms with Gasteiger partial charge in [-0.15, -0.1) is 10.2 Å². The van der Waals surface area contributed by atoms with E-state index in [9.17, 15) is 0 Å². The minimum absolute atomic E-state index is 0.404. The van der Waals surface area contributed by atoms with Crippen LogP contribution in [0.1, 0.15) is 116 Å². The van der Waals surface area contributed by atoms with Gasteiger partial charge in [0.1, 0.15) is 0 Å². The molecule has 5 heteroatoms. The number of benzene rings is 1. The number of hydrogen-bond donors (Lipinski definition) is 0. The summed E-state index contributed by atoms with van der Waals surface area (Å²) in [6, 6.07) is 10.7. The van der Waals surface area contributed by atoms with Gasteiger partial charge in [0.25, 0.3) is 0 Å². The third-order valence-corrected chi connectivity index (χ3v) is 13.8. The summed E-state index contributed by atoms with van der Waals surface area (Å²) in [7, 11) is 0. The van der Waals surface area contributed by atoms with Crippen molar-refractivity contribution in [3.63, 3.8) is 0 Å². The summed E-state index contributed by atoms with van der Waals surface area (Å²) in [5.41, 5.74) is 2.25. The maximum atomic E-state index is 7.00. The summed E-state index contributed by atoms with van der Waals surface area (Å²) in [5, 5.41) is 8.41. The van der Waals surface area contributed by atoms with Crippen molar-refractivity contribution in [2.45, 2.75) is 137 Å². The maximum absolute atomic E-state index is 7.00. The van der Waals surface area contributed by atoms with E-state index in [0.717, 1.165) is 67.2 Å². The highest BCUT2D eigenvalue weighted by Gasteiger charge is 2.65. The summed E-state index contributed by atoms with van der Waals surface area (Å²) >= 11 is 0. The summed E-state index contributed by atoms with van der Waals surface area (Å²) in [6.07, 6.45) is 16.2. The van der Waals surface area contributed by atoms with Gasteiger partial charge in [-0.25, -0.2) is 0 Å². The molecule has 5 fully saturated rings. The molecule has 0 spiro atoms. The van der Waals surface area contributed by atoms with Gasteiger partial charge in [-0.1, -0.05) is 65.0 Å². The van der Waals surface area contributed by atoms with Crippen LogP contribution in [0.25, 0.3) is 0 Å². The van der Waals surface area contributed by atoms with E-state index in [1.54, 1.807) is 0 Å². The largest absolute Gasteiger partial charge is 0.425 e. The van der Waals surface area contributed by atoms with Crippen molar-refractivity contribution >= 4 is 0 Å². The molecule has 4 saturated carbocycles. The van der Waals surface area contributed by atoms with Crippen LogP contribution < -0.4 is 0 Å². The Labute approximate surface area is 260 Å². The van der Waals surface area contributed by atoms with Crippen molar-refractivity contribution in [2.24, 2.45) is 52.3 Å². The zero-order chi connectivity index (χ0) is 29.8. The second-order valence-electron chi connectivity index (χ2n) is 16.1. The van der Waals surface area contributed by atoms with Crippen molar-refractivity contribution in [1.29, 1.82) is 0 Å². The second-order valence-corrected chi connectivity index (χ2v) is 16.1. The predicted molar refractivity (Wildman–Crippen MR) is 169 cm³/mol. The normalized spacial score (nSPS) is 42.6. The van der Waals surface area contributed by atoms with Crippen LogP contribution in [0, 0.1) is 52.3 Å². The van der Waals surface area contributed by atoms with Crippen molar-refractivity contribution in [1.82, 2.24) is 10.2 Å². The lowest BCUT2D eigenvalue weighted by atomic mass is 9.44. The molecule has 43 heavy (non-hydrogen) atoms. The Bertz CT molecular complexity index is 1230. The smallest absolute Gasteiger partial charge is 0.216 e. The van der Waals surface area contributed by atoms with Crippen LogP contribution in [0.15, 0.2) is 34.7 Å². The van der Waals surface area contributed by atoms with E-state index in [1.807, 2.05) is 0 Å². The number of hydrogen-bond acceptors (Lipinski definition) is 5. The van der Waals surface area contributed by atoms with Gasteiger partial charge in [-0.3, -0.25) is 0 Å². The molecule has 0 amide bonds. The molecule has 236 valence electrons. The average Bonchev–Trinajstić information content (AvgIpc) is 3.68. The average molecular weight is 589 g/mol. The minimum Gasteiger partial charge on any atom is -0.425 e. The van der Waals surface area contributed by atoms with Crippen LogP contribution in [0.3, 0.4) is 0 Å². The van der Waals surface area contributed by atoms with Crippen LogP contribution in [-0.2, 0) is 28.9 Å². The number of aromatic nitrogens is 2. The third-order valence-electron chi connectivity index (χ3n) is 13.8. The highest BCUT2D eigenvalue weighted by Crippen LogP contribution is 2.70. The highest BCUT2D eigenvalue weighted by molar-refractivity contribution is 5.15. The zero-order valence-electron chi connectivity index (χ0n) is 27.5. The molecule has 1 saturated heterocycles. The van der Waals surface area contributed by atoms with Gasteiger partial charge < -0.3 is 13.9 Å². The van der Waals surface area contributed by atoms with Crippen LogP contribution in [0.2, 0.25) is 0 Å². The molecule has 4 aliphatic carbocycles. The number of rotatable bonds is 9. The molecule has 1 aromatic heterocycles. The lowest BCUT2D eigenvalue weighted by Gasteiger charge is -2.61. The van der Waals surface area contributed by atoms with Crippen molar-refractivity contribution < 1.29 is 13.9 Å². The van der Waals surface area contributed by atoms with Crippen LogP contribution in [-0.4, -0.2) is 28.5 Å². The van der Waals surface area contributed by atoms with E-state index in [1.165, 1.54) is 63.4 Å². The SMILES string of the molecule is CCc1nnc(C[C@@H](C)CC[C@H]2O[C@H]3C[C@H]4[C@@H]5CC[C@@H]6C[C@@H](OCc7ccccc7)CC[C@]6(C)[C@H]5CC[C@]4(C)[C@H]3[C@@H]2C)o1. The first-order valence-corrected chi connectivity index (χ1v) is 17.9. The first kappa shape index (κ1) is 30.0. The first-order valence-electron chi connectivity index (χ1n) is 17.9.